The van der Waals surface area contributed by atoms with Gasteiger partial charge in [0.25, 0.3) is 0 Å². The first-order valence-corrected chi connectivity index (χ1v) is 16.7. The van der Waals surface area contributed by atoms with Crippen LogP contribution in [-0.4, -0.2) is 31.0 Å². The van der Waals surface area contributed by atoms with Crippen LogP contribution in [-0.2, 0) is 0 Å². The van der Waals surface area contributed by atoms with Crippen LogP contribution in [0.3, 0.4) is 0 Å². The normalized spacial score (nSPS) is 11.4. The zero-order chi connectivity index (χ0) is 32.0. The standard InChI is InChI=1S/C43H26N3OSe/c48-40-29(27-13-3-1-4-14-27)20-11-21-33(40)32-25-26-34(31-18-8-7-17-30(31)32)42-44-41(28-15-5-2-6-16-28)45-43(46-42)36-22-12-24-38-39(36)35-19-9-10-23-37(35)47-38/h1-26H. The summed E-state index contributed by atoms with van der Waals surface area (Å²) in [6.07, 6.45) is 0. The molecule has 0 aliphatic rings. The molecule has 9 aromatic rings. The Labute approximate surface area is 285 Å². The van der Waals surface area contributed by atoms with Crippen molar-refractivity contribution in [1.82, 2.24) is 15.0 Å². The van der Waals surface area contributed by atoms with Crippen LogP contribution in [0.5, 0.6) is 0 Å². The van der Waals surface area contributed by atoms with E-state index in [9.17, 15) is 0 Å². The van der Waals surface area contributed by atoms with Crippen molar-refractivity contribution in [2.24, 2.45) is 0 Å². The van der Waals surface area contributed by atoms with E-state index in [1.54, 1.807) is 0 Å². The molecule has 7 aromatic carbocycles. The predicted molar refractivity (Wildman–Crippen MR) is 197 cm³/mol. The average Bonchev–Trinajstić information content (AvgIpc) is 3.54. The van der Waals surface area contributed by atoms with Crippen molar-refractivity contribution in [3.05, 3.63) is 158 Å². The van der Waals surface area contributed by atoms with Gasteiger partial charge in [-0.05, 0) is 12.1 Å². The van der Waals surface area contributed by atoms with Crippen molar-refractivity contribution in [3.8, 4) is 56.4 Å². The Morgan fingerprint density at radius 1 is 0.354 bits per heavy atom. The van der Waals surface area contributed by atoms with Crippen LogP contribution < -0.4 is 4.46 Å². The summed E-state index contributed by atoms with van der Waals surface area (Å²) in [5.74, 6) is 1.84. The Kier molecular flexibility index (Phi) is 6.93. The Morgan fingerprint density at radius 3 is 1.65 bits per heavy atom. The van der Waals surface area contributed by atoms with Crippen LogP contribution in [0.15, 0.2) is 162 Å². The van der Waals surface area contributed by atoms with Crippen LogP contribution in [0.1, 0.15) is 0 Å². The van der Waals surface area contributed by atoms with Crippen molar-refractivity contribution < 1.29 is 4.42 Å². The summed E-state index contributed by atoms with van der Waals surface area (Å²) in [6.45, 7) is 0. The van der Waals surface area contributed by atoms with E-state index in [0.29, 0.717) is 17.5 Å². The number of para-hydroxylation sites is 1. The molecule has 1 radical (unpaired) electrons. The second kappa shape index (κ2) is 11.7. The molecule has 0 bridgehead atoms. The third kappa shape index (κ3) is 4.80. The molecular weight excluding hydrogens is 653 g/mol. The van der Waals surface area contributed by atoms with Gasteiger partial charge in [0.15, 0.2) is 0 Å². The van der Waals surface area contributed by atoms with Crippen molar-refractivity contribution in [1.29, 1.82) is 0 Å². The molecule has 4 nitrogen and oxygen atoms in total. The molecule has 225 valence electrons. The first kappa shape index (κ1) is 28.4. The zero-order valence-electron chi connectivity index (χ0n) is 25.7. The minimum absolute atomic E-state index is 0.602. The Balaban J connectivity index is 1.27. The zero-order valence-corrected chi connectivity index (χ0v) is 27.4. The third-order valence-corrected chi connectivity index (χ3v) is 9.79. The quantitative estimate of drug-likeness (QED) is 0.170. The van der Waals surface area contributed by atoms with Gasteiger partial charge in [-0.1, -0.05) is 24.3 Å². The Morgan fingerprint density at radius 2 is 0.875 bits per heavy atom. The van der Waals surface area contributed by atoms with Gasteiger partial charge >= 0.3 is 240 Å². The van der Waals surface area contributed by atoms with Crippen LogP contribution in [0.2, 0.25) is 0 Å². The van der Waals surface area contributed by atoms with Crippen molar-refractivity contribution >= 4 is 53.2 Å². The summed E-state index contributed by atoms with van der Waals surface area (Å²) in [5.41, 5.74) is 9.07. The van der Waals surface area contributed by atoms with E-state index in [-0.39, 0.29) is 0 Å². The number of furan rings is 1. The summed E-state index contributed by atoms with van der Waals surface area (Å²) >= 11 is 3.38. The van der Waals surface area contributed by atoms with Crippen LogP contribution >= 0.6 is 0 Å². The number of rotatable bonds is 5. The van der Waals surface area contributed by atoms with E-state index >= 15 is 0 Å². The molecule has 5 heteroatoms. The molecule has 0 aliphatic heterocycles. The molecule has 0 spiro atoms. The minimum atomic E-state index is 0.602. The van der Waals surface area contributed by atoms with Crippen molar-refractivity contribution in [2.75, 3.05) is 0 Å². The molecule has 0 saturated heterocycles. The first-order valence-electron chi connectivity index (χ1n) is 15.8. The SMILES string of the molecule is [Se]c1c(-c2ccccc2)cccc1-c1ccc(-c2nc(-c3ccccc3)nc(-c3cccc4oc5ccccc5c34)n2)c2ccccc12. The second-order valence-corrected chi connectivity index (χ2v) is 12.6. The molecule has 0 saturated carbocycles. The van der Waals surface area contributed by atoms with E-state index < -0.39 is 0 Å². The molecule has 2 aromatic heterocycles. The van der Waals surface area contributed by atoms with Gasteiger partial charge in [0.2, 0.25) is 0 Å². The molecule has 2 heterocycles. The van der Waals surface area contributed by atoms with Crippen molar-refractivity contribution in [3.63, 3.8) is 0 Å². The number of nitrogens with zero attached hydrogens (tertiary/aromatic N) is 3. The molecule has 9 rings (SSSR count). The topological polar surface area (TPSA) is 51.8 Å². The molecular formula is C43H26N3OSe. The van der Waals surface area contributed by atoms with E-state index in [1.807, 2.05) is 66.7 Å². The molecule has 0 fully saturated rings. The summed E-state index contributed by atoms with van der Waals surface area (Å²) < 4.78 is 7.35. The van der Waals surface area contributed by atoms with Gasteiger partial charge in [-0.25, -0.2) is 0 Å². The molecule has 0 atom stereocenters. The molecule has 0 N–H and O–H groups in total. The van der Waals surface area contributed by atoms with Gasteiger partial charge in [0, 0.05) is 0 Å². The molecule has 0 aliphatic carbocycles. The monoisotopic (exact) mass is 680 g/mol. The fraction of sp³-hybridized carbons (Fsp3) is 0. The van der Waals surface area contributed by atoms with Gasteiger partial charge in [0.05, 0.1) is 0 Å². The predicted octanol–water partition coefficient (Wildman–Crippen LogP) is 10.1. The van der Waals surface area contributed by atoms with Gasteiger partial charge in [-0.15, -0.1) is 0 Å². The molecule has 48 heavy (non-hydrogen) atoms. The van der Waals surface area contributed by atoms with Crippen LogP contribution in [0.25, 0.3) is 89.1 Å². The van der Waals surface area contributed by atoms with Gasteiger partial charge in [-0.2, -0.15) is 0 Å². The van der Waals surface area contributed by atoms with E-state index in [1.165, 1.54) is 11.1 Å². The van der Waals surface area contributed by atoms with Crippen LogP contribution in [0.4, 0.5) is 0 Å². The Bertz CT molecular complexity index is 2630. The number of fused-ring (bicyclic) bond motifs is 4. The number of hydrogen-bond donors (Lipinski definition) is 0. The summed E-state index contributed by atoms with van der Waals surface area (Å²) in [7, 11) is 0. The number of hydrogen-bond acceptors (Lipinski definition) is 4. The number of aromatic nitrogens is 3. The van der Waals surface area contributed by atoms with E-state index in [0.717, 1.165) is 65.0 Å². The fourth-order valence-corrected chi connectivity index (χ4v) is 7.38. The van der Waals surface area contributed by atoms with Crippen LogP contribution in [0, 0.1) is 0 Å². The third-order valence-electron chi connectivity index (χ3n) is 8.87. The Hall–Kier alpha value is -5.87. The maximum absolute atomic E-state index is 6.23. The molecule has 0 amide bonds. The van der Waals surface area contributed by atoms with Gasteiger partial charge < -0.3 is 4.42 Å². The summed E-state index contributed by atoms with van der Waals surface area (Å²) in [6, 6.07) is 54.1. The summed E-state index contributed by atoms with van der Waals surface area (Å²) in [5, 5.41) is 4.23. The van der Waals surface area contributed by atoms with E-state index in [2.05, 4.69) is 107 Å². The number of benzene rings is 7. The average molecular weight is 680 g/mol. The first-order chi connectivity index (χ1) is 23.7. The van der Waals surface area contributed by atoms with Crippen molar-refractivity contribution in [2.45, 2.75) is 0 Å². The van der Waals surface area contributed by atoms with Gasteiger partial charge in [-0.3, -0.25) is 0 Å². The summed E-state index contributed by atoms with van der Waals surface area (Å²) in [4.78, 5) is 15.4. The second-order valence-electron chi connectivity index (χ2n) is 11.7. The van der Waals surface area contributed by atoms with Gasteiger partial charge in [0.1, 0.15) is 5.58 Å². The van der Waals surface area contributed by atoms with E-state index in [4.69, 9.17) is 19.4 Å². The fourth-order valence-electron chi connectivity index (χ4n) is 6.62. The maximum atomic E-state index is 6.23. The molecule has 0 unspecified atom stereocenters.